The van der Waals surface area contributed by atoms with Crippen LogP contribution in [0.1, 0.15) is 53.9 Å². The van der Waals surface area contributed by atoms with E-state index in [-0.39, 0.29) is 5.60 Å². The molecule has 0 atom stereocenters. The van der Waals surface area contributed by atoms with Crippen LogP contribution in [0.4, 0.5) is 0 Å². The first-order valence-electron chi connectivity index (χ1n) is 6.28. The van der Waals surface area contributed by atoms with Crippen molar-refractivity contribution in [1.82, 2.24) is 0 Å². The number of allylic oxidation sites excluding steroid dienone is 2. The maximum absolute atomic E-state index is 6.07. The van der Waals surface area contributed by atoms with Crippen molar-refractivity contribution in [3.05, 3.63) is 11.8 Å². The van der Waals surface area contributed by atoms with Crippen LogP contribution < -0.4 is 0 Å². The Labute approximate surface area is 102 Å². The molecule has 0 saturated heterocycles. The van der Waals surface area contributed by atoms with Gasteiger partial charge in [-0.2, -0.15) is 0 Å². The summed E-state index contributed by atoms with van der Waals surface area (Å²) in [5, 5.41) is 0. The Morgan fingerprint density at radius 1 is 1.19 bits per heavy atom. The van der Waals surface area contributed by atoms with Gasteiger partial charge in [0.2, 0.25) is 0 Å². The van der Waals surface area contributed by atoms with E-state index in [0.717, 1.165) is 25.0 Å². The molecule has 0 amide bonds. The summed E-state index contributed by atoms with van der Waals surface area (Å²) >= 11 is 0. The lowest BCUT2D eigenvalue weighted by Gasteiger charge is -2.32. The van der Waals surface area contributed by atoms with Crippen molar-refractivity contribution in [2.75, 3.05) is 0 Å². The van der Waals surface area contributed by atoms with Crippen LogP contribution >= 0.6 is 0 Å². The Morgan fingerprint density at radius 2 is 1.75 bits per heavy atom. The summed E-state index contributed by atoms with van der Waals surface area (Å²) in [6.07, 6.45) is 5.32. The Balaban J connectivity index is 4.47. The number of rotatable bonds is 6. The van der Waals surface area contributed by atoms with Gasteiger partial charge in [0.25, 0.3) is 0 Å². The SMILES string of the molecule is CC/C=C(/CCC)O[Si](C)(C)OC(C)(C)C. The zero-order valence-corrected chi connectivity index (χ0v) is 13.0. The molecule has 0 saturated carbocycles. The fourth-order valence-corrected chi connectivity index (χ4v) is 4.08. The van der Waals surface area contributed by atoms with Gasteiger partial charge in [0.1, 0.15) is 0 Å². The first-order valence-corrected chi connectivity index (χ1v) is 9.10. The van der Waals surface area contributed by atoms with Gasteiger partial charge in [0.05, 0.1) is 11.4 Å². The molecule has 0 aliphatic heterocycles. The Bertz CT molecular complexity index is 227. The van der Waals surface area contributed by atoms with Gasteiger partial charge in [-0.15, -0.1) is 0 Å². The highest BCUT2D eigenvalue weighted by atomic mass is 28.4. The van der Waals surface area contributed by atoms with E-state index in [1.54, 1.807) is 0 Å². The van der Waals surface area contributed by atoms with E-state index < -0.39 is 8.56 Å². The molecule has 0 aromatic rings. The lowest BCUT2D eigenvalue weighted by molar-refractivity contribution is 0.0811. The monoisotopic (exact) mass is 244 g/mol. The summed E-state index contributed by atoms with van der Waals surface area (Å²) in [6.45, 7) is 14.8. The fraction of sp³-hybridized carbons (Fsp3) is 0.846. The molecule has 0 N–H and O–H groups in total. The van der Waals surface area contributed by atoms with Crippen LogP contribution in [0.2, 0.25) is 13.1 Å². The van der Waals surface area contributed by atoms with Crippen molar-refractivity contribution < 1.29 is 8.85 Å². The van der Waals surface area contributed by atoms with Gasteiger partial charge in [-0.05, 0) is 52.8 Å². The van der Waals surface area contributed by atoms with Crippen molar-refractivity contribution in [3.8, 4) is 0 Å². The lowest BCUT2D eigenvalue weighted by atomic mass is 10.2. The zero-order chi connectivity index (χ0) is 12.8. The standard InChI is InChI=1S/C13H28O2Si/c1-8-10-12(11-9-2)14-16(6,7)15-13(3,4)5/h10H,8-9,11H2,1-7H3/b12-10-. The summed E-state index contributed by atoms with van der Waals surface area (Å²) in [4.78, 5) is 0. The number of hydrogen-bond donors (Lipinski definition) is 0. The average molecular weight is 244 g/mol. The second-order valence-electron chi connectivity index (χ2n) is 5.55. The highest BCUT2D eigenvalue weighted by Crippen LogP contribution is 2.22. The van der Waals surface area contributed by atoms with Crippen molar-refractivity contribution in [1.29, 1.82) is 0 Å². The van der Waals surface area contributed by atoms with Crippen molar-refractivity contribution >= 4 is 8.56 Å². The third-order valence-electron chi connectivity index (χ3n) is 1.86. The van der Waals surface area contributed by atoms with Crippen LogP contribution in [-0.2, 0) is 8.85 Å². The van der Waals surface area contributed by atoms with Crippen LogP contribution in [0.5, 0.6) is 0 Å². The topological polar surface area (TPSA) is 18.5 Å². The first-order chi connectivity index (χ1) is 7.20. The molecule has 0 heterocycles. The van der Waals surface area contributed by atoms with E-state index in [9.17, 15) is 0 Å². The van der Waals surface area contributed by atoms with Gasteiger partial charge < -0.3 is 8.85 Å². The van der Waals surface area contributed by atoms with Crippen molar-refractivity contribution in [2.24, 2.45) is 0 Å². The fourth-order valence-electron chi connectivity index (χ4n) is 1.74. The number of hydrogen-bond acceptors (Lipinski definition) is 2. The Hall–Kier alpha value is -0.283. The van der Waals surface area contributed by atoms with Gasteiger partial charge in [0, 0.05) is 6.42 Å². The summed E-state index contributed by atoms with van der Waals surface area (Å²) < 4.78 is 12.1. The van der Waals surface area contributed by atoms with E-state index in [1.807, 2.05) is 0 Å². The molecule has 0 aromatic heterocycles. The van der Waals surface area contributed by atoms with E-state index >= 15 is 0 Å². The normalized spacial score (nSPS) is 14.1. The first kappa shape index (κ1) is 15.7. The molecule has 0 rings (SSSR count). The summed E-state index contributed by atoms with van der Waals surface area (Å²) in [5.74, 6) is 1.10. The summed E-state index contributed by atoms with van der Waals surface area (Å²) in [6, 6.07) is 0. The molecule has 96 valence electrons. The van der Waals surface area contributed by atoms with Crippen LogP contribution in [-0.4, -0.2) is 14.2 Å². The second kappa shape index (κ2) is 6.45. The molecular weight excluding hydrogens is 216 g/mol. The third-order valence-corrected chi connectivity index (χ3v) is 3.71. The lowest BCUT2D eigenvalue weighted by Crippen LogP contribution is -2.41. The molecule has 0 aliphatic rings. The molecule has 0 aliphatic carbocycles. The van der Waals surface area contributed by atoms with Crippen molar-refractivity contribution in [2.45, 2.75) is 72.6 Å². The Morgan fingerprint density at radius 3 is 2.12 bits per heavy atom. The highest BCUT2D eigenvalue weighted by Gasteiger charge is 2.32. The smallest absolute Gasteiger partial charge is 0.392 e. The van der Waals surface area contributed by atoms with Gasteiger partial charge in [0.15, 0.2) is 0 Å². The van der Waals surface area contributed by atoms with E-state index in [0.29, 0.717) is 0 Å². The molecule has 16 heavy (non-hydrogen) atoms. The average Bonchev–Trinajstić information content (AvgIpc) is 1.98. The molecule has 0 aromatic carbocycles. The minimum Gasteiger partial charge on any atom is -0.524 e. The predicted molar refractivity (Wildman–Crippen MR) is 72.7 cm³/mol. The molecule has 0 fully saturated rings. The van der Waals surface area contributed by atoms with Gasteiger partial charge in [-0.3, -0.25) is 0 Å². The zero-order valence-electron chi connectivity index (χ0n) is 12.0. The highest BCUT2D eigenvalue weighted by molar-refractivity contribution is 6.64. The molecule has 0 radical (unpaired) electrons. The Kier molecular flexibility index (Phi) is 6.34. The van der Waals surface area contributed by atoms with Crippen LogP contribution in [0.25, 0.3) is 0 Å². The molecule has 0 unspecified atom stereocenters. The van der Waals surface area contributed by atoms with Crippen LogP contribution in [0.15, 0.2) is 11.8 Å². The van der Waals surface area contributed by atoms with Crippen LogP contribution in [0.3, 0.4) is 0 Å². The second-order valence-corrected chi connectivity index (χ2v) is 8.75. The van der Waals surface area contributed by atoms with Crippen LogP contribution in [0, 0.1) is 0 Å². The third kappa shape index (κ3) is 7.94. The maximum Gasteiger partial charge on any atom is 0.392 e. The van der Waals surface area contributed by atoms with Crippen molar-refractivity contribution in [3.63, 3.8) is 0 Å². The van der Waals surface area contributed by atoms with Gasteiger partial charge in [-0.25, -0.2) is 0 Å². The quantitative estimate of drug-likeness (QED) is 0.501. The van der Waals surface area contributed by atoms with E-state index in [2.05, 4.69) is 53.8 Å². The van der Waals surface area contributed by atoms with Gasteiger partial charge >= 0.3 is 8.56 Å². The van der Waals surface area contributed by atoms with E-state index in [4.69, 9.17) is 8.85 Å². The van der Waals surface area contributed by atoms with Gasteiger partial charge in [-0.1, -0.05) is 13.8 Å². The molecule has 0 spiro atoms. The molecule has 3 heteroatoms. The molecule has 0 bridgehead atoms. The largest absolute Gasteiger partial charge is 0.524 e. The summed E-state index contributed by atoms with van der Waals surface area (Å²) in [5.41, 5.74) is -0.126. The summed E-state index contributed by atoms with van der Waals surface area (Å²) in [7, 11) is -2.04. The van der Waals surface area contributed by atoms with E-state index in [1.165, 1.54) is 0 Å². The molecular formula is C13H28O2Si. The predicted octanol–water partition coefficient (Wildman–Crippen LogP) is 4.61. The maximum atomic E-state index is 6.07. The molecule has 2 nitrogen and oxygen atoms in total. The minimum absolute atomic E-state index is 0.126. The minimum atomic E-state index is -2.04.